The summed E-state index contributed by atoms with van der Waals surface area (Å²) in [6, 6.07) is 31.2. The highest BCUT2D eigenvalue weighted by Crippen LogP contribution is 2.18. The molecule has 4 aromatic carbocycles. The van der Waals surface area contributed by atoms with Crippen LogP contribution in [0.15, 0.2) is 103 Å². The van der Waals surface area contributed by atoms with Crippen molar-refractivity contribution in [1.29, 1.82) is 0 Å². The van der Waals surface area contributed by atoms with Gasteiger partial charge in [0.1, 0.15) is 36.5 Å². The van der Waals surface area contributed by atoms with Gasteiger partial charge in [0, 0.05) is 12.0 Å². The van der Waals surface area contributed by atoms with Crippen molar-refractivity contribution < 1.29 is 28.5 Å². The lowest BCUT2D eigenvalue weighted by atomic mass is 10.0. The van der Waals surface area contributed by atoms with Crippen molar-refractivity contribution in [3.05, 3.63) is 125 Å². The van der Waals surface area contributed by atoms with Crippen LogP contribution < -0.4 is 19.5 Å². The van der Waals surface area contributed by atoms with E-state index in [2.05, 4.69) is 12.2 Å². The normalized spacial score (nSPS) is 11.3. The van der Waals surface area contributed by atoms with E-state index in [1.807, 2.05) is 78.9 Å². The summed E-state index contributed by atoms with van der Waals surface area (Å²) >= 11 is 0. The summed E-state index contributed by atoms with van der Waals surface area (Å²) in [5.74, 6) is 1.30. The summed E-state index contributed by atoms with van der Waals surface area (Å²) < 4.78 is 22.4. The molecule has 0 saturated heterocycles. The van der Waals surface area contributed by atoms with E-state index in [4.69, 9.17) is 18.9 Å². The Hall–Kier alpha value is -4.78. The van der Waals surface area contributed by atoms with Crippen molar-refractivity contribution in [3.63, 3.8) is 0 Å². The van der Waals surface area contributed by atoms with Gasteiger partial charge in [0.05, 0.1) is 13.7 Å². The predicted molar refractivity (Wildman–Crippen MR) is 162 cm³/mol. The van der Waals surface area contributed by atoms with Crippen LogP contribution in [0, 0.1) is 0 Å². The van der Waals surface area contributed by atoms with Crippen LogP contribution in [0.5, 0.6) is 17.2 Å². The molecule has 0 aliphatic rings. The maximum atomic E-state index is 13.0. The van der Waals surface area contributed by atoms with Crippen molar-refractivity contribution in [2.45, 2.75) is 45.4 Å². The highest BCUT2D eigenvalue weighted by Gasteiger charge is 2.23. The summed E-state index contributed by atoms with van der Waals surface area (Å²) in [6.07, 6.45) is 2.40. The zero-order chi connectivity index (χ0) is 29.6. The molecule has 7 nitrogen and oxygen atoms in total. The number of methoxy groups -OCH3 is 1. The van der Waals surface area contributed by atoms with Crippen LogP contribution in [0.3, 0.4) is 0 Å². The molecule has 1 atom stereocenters. The van der Waals surface area contributed by atoms with Gasteiger partial charge in [0.15, 0.2) is 0 Å². The van der Waals surface area contributed by atoms with E-state index in [0.29, 0.717) is 31.1 Å². The fraction of sp³-hybridized carbons (Fsp3) is 0.257. The molecular weight excluding hydrogens is 530 g/mol. The third kappa shape index (κ3) is 9.41. The van der Waals surface area contributed by atoms with Crippen molar-refractivity contribution in [2.24, 2.45) is 0 Å². The monoisotopic (exact) mass is 567 g/mol. The van der Waals surface area contributed by atoms with E-state index < -0.39 is 12.0 Å². The number of hydrogen-bond donors (Lipinski definition) is 1. The van der Waals surface area contributed by atoms with Gasteiger partial charge in [-0.3, -0.25) is 4.79 Å². The molecule has 0 aliphatic carbocycles. The zero-order valence-corrected chi connectivity index (χ0v) is 24.1. The molecule has 0 aromatic heterocycles. The minimum atomic E-state index is -0.844. The molecule has 0 radical (unpaired) electrons. The Morgan fingerprint density at radius 2 is 1.19 bits per heavy atom. The number of hydrogen-bond acceptors (Lipinski definition) is 6. The molecule has 218 valence electrons. The number of carbonyl (C=O) groups excluding carboxylic acids is 2. The molecular formula is C35H37NO6. The molecule has 0 aliphatic heterocycles. The Bertz CT molecular complexity index is 1390. The predicted octanol–water partition coefficient (Wildman–Crippen LogP) is 6.54. The number of benzene rings is 4. The highest BCUT2D eigenvalue weighted by molar-refractivity contribution is 5.96. The van der Waals surface area contributed by atoms with Gasteiger partial charge < -0.3 is 24.3 Å². The fourth-order valence-electron chi connectivity index (χ4n) is 4.16. The van der Waals surface area contributed by atoms with E-state index in [1.165, 1.54) is 7.11 Å². The van der Waals surface area contributed by atoms with Gasteiger partial charge in [0.2, 0.25) is 0 Å². The van der Waals surface area contributed by atoms with Crippen LogP contribution >= 0.6 is 0 Å². The Morgan fingerprint density at radius 3 is 1.76 bits per heavy atom. The molecule has 0 saturated carbocycles. The summed E-state index contributed by atoms with van der Waals surface area (Å²) in [5, 5.41) is 2.80. The number of unbranched alkanes of at least 4 members (excludes halogenated alkanes) is 1. The largest absolute Gasteiger partial charge is 0.494 e. The lowest BCUT2D eigenvalue weighted by Crippen LogP contribution is -2.43. The average Bonchev–Trinajstić information content (AvgIpc) is 3.04. The second-order valence-electron chi connectivity index (χ2n) is 9.83. The second kappa shape index (κ2) is 15.9. The molecule has 1 N–H and O–H groups in total. The summed E-state index contributed by atoms with van der Waals surface area (Å²) in [7, 11) is 1.31. The highest BCUT2D eigenvalue weighted by atomic mass is 16.5. The second-order valence-corrected chi connectivity index (χ2v) is 9.83. The Kier molecular flexibility index (Phi) is 11.4. The average molecular weight is 568 g/mol. The molecule has 4 aromatic rings. The first-order chi connectivity index (χ1) is 20.5. The maximum absolute atomic E-state index is 13.0. The number of rotatable bonds is 15. The minimum Gasteiger partial charge on any atom is -0.494 e. The number of nitrogens with one attached hydrogen (secondary N) is 1. The summed E-state index contributed by atoms with van der Waals surface area (Å²) in [5.41, 5.74) is 3.36. The fourth-order valence-corrected chi connectivity index (χ4v) is 4.16. The van der Waals surface area contributed by atoms with Gasteiger partial charge in [0.25, 0.3) is 5.91 Å². The van der Waals surface area contributed by atoms with Crippen molar-refractivity contribution in [1.82, 2.24) is 5.32 Å². The first kappa shape index (κ1) is 30.2. The number of carbonyl (C=O) groups is 2. The molecule has 0 heterocycles. The van der Waals surface area contributed by atoms with Gasteiger partial charge >= 0.3 is 5.97 Å². The van der Waals surface area contributed by atoms with Crippen LogP contribution in [-0.2, 0) is 29.2 Å². The SMILES string of the molecule is CCCCOc1ccc(COc2ccc(C(=O)NC(Cc3ccc(OCc4ccccc4)cc3)C(=O)OC)cc2)cc1. The molecule has 1 amide bonds. The van der Waals surface area contributed by atoms with Crippen LogP contribution in [0.4, 0.5) is 0 Å². The molecule has 0 fully saturated rings. The smallest absolute Gasteiger partial charge is 0.328 e. The lowest BCUT2D eigenvalue weighted by Gasteiger charge is -2.17. The zero-order valence-electron chi connectivity index (χ0n) is 24.1. The van der Waals surface area contributed by atoms with Crippen LogP contribution in [0.1, 0.15) is 46.8 Å². The Labute approximate surface area is 247 Å². The van der Waals surface area contributed by atoms with E-state index in [0.717, 1.165) is 41.0 Å². The summed E-state index contributed by atoms with van der Waals surface area (Å²) in [6.45, 7) is 3.70. The van der Waals surface area contributed by atoms with Crippen LogP contribution in [0.2, 0.25) is 0 Å². The third-order valence-electron chi connectivity index (χ3n) is 6.61. The number of esters is 1. The quantitative estimate of drug-likeness (QED) is 0.130. The van der Waals surface area contributed by atoms with Gasteiger partial charge in [-0.15, -0.1) is 0 Å². The molecule has 0 bridgehead atoms. The standard InChI is InChI=1S/C35H37NO6/c1-3-4-22-40-30-18-12-28(13-19-30)25-42-32-20-14-29(15-21-32)34(37)36-33(35(38)39-2)23-26-10-16-31(17-11-26)41-24-27-8-6-5-7-9-27/h5-21,33H,3-4,22-25H2,1-2H3,(H,36,37). The first-order valence-electron chi connectivity index (χ1n) is 14.1. The maximum Gasteiger partial charge on any atom is 0.328 e. The van der Waals surface area contributed by atoms with Crippen LogP contribution in [0.25, 0.3) is 0 Å². The number of ether oxygens (including phenoxy) is 4. The van der Waals surface area contributed by atoms with Crippen molar-refractivity contribution in [3.8, 4) is 17.2 Å². The molecule has 7 heteroatoms. The van der Waals surface area contributed by atoms with Crippen molar-refractivity contribution >= 4 is 11.9 Å². The molecule has 0 spiro atoms. The number of amides is 1. The summed E-state index contributed by atoms with van der Waals surface area (Å²) in [4.78, 5) is 25.4. The Balaban J connectivity index is 1.28. The van der Waals surface area contributed by atoms with E-state index in [9.17, 15) is 9.59 Å². The minimum absolute atomic E-state index is 0.279. The molecule has 1 unspecified atom stereocenters. The van der Waals surface area contributed by atoms with E-state index >= 15 is 0 Å². The molecule has 4 rings (SSSR count). The van der Waals surface area contributed by atoms with Gasteiger partial charge in [-0.2, -0.15) is 0 Å². The third-order valence-corrected chi connectivity index (χ3v) is 6.61. The molecule has 42 heavy (non-hydrogen) atoms. The first-order valence-corrected chi connectivity index (χ1v) is 14.1. The van der Waals surface area contributed by atoms with Crippen molar-refractivity contribution in [2.75, 3.05) is 13.7 Å². The lowest BCUT2D eigenvalue weighted by molar-refractivity contribution is -0.142. The van der Waals surface area contributed by atoms with Gasteiger partial charge in [-0.25, -0.2) is 4.79 Å². The van der Waals surface area contributed by atoms with Gasteiger partial charge in [-0.1, -0.05) is 67.9 Å². The van der Waals surface area contributed by atoms with Gasteiger partial charge in [-0.05, 0) is 71.6 Å². The van der Waals surface area contributed by atoms with E-state index in [1.54, 1.807) is 24.3 Å². The van der Waals surface area contributed by atoms with E-state index in [-0.39, 0.29) is 12.3 Å². The topological polar surface area (TPSA) is 83.1 Å². The van der Waals surface area contributed by atoms with Crippen LogP contribution in [-0.4, -0.2) is 31.6 Å². The Morgan fingerprint density at radius 1 is 0.667 bits per heavy atom.